The summed E-state index contributed by atoms with van der Waals surface area (Å²) >= 11 is 12.1. The second kappa shape index (κ2) is 7.72. The molecule has 128 valence electrons. The van der Waals surface area contributed by atoms with Gasteiger partial charge in [0, 0.05) is 12.6 Å². The number of hydrogen-bond acceptors (Lipinski definition) is 4. The summed E-state index contributed by atoms with van der Waals surface area (Å²) in [4.78, 5) is 18.5. The van der Waals surface area contributed by atoms with Gasteiger partial charge in [-0.25, -0.2) is 4.99 Å². The summed E-state index contributed by atoms with van der Waals surface area (Å²) in [7, 11) is 1.93. The van der Waals surface area contributed by atoms with E-state index in [1.807, 2.05) is 48.4 Å². The van der Waals surface area contributed by atoms with E-state index in [1.165, 1.54) is 0 Å². The Labute approximate surface area is 156 Å². The molecule has 25 heavy (non-hydrogen) atoms. The second-order valence-electron chi connectivity index (χ2n) is 5.72. The number of ketones is 1. The van der Waals surface area contributed by atoms with Crippen LogP contribution >= 0.6 is 23.2 Å². The Bertz CT molecular complexity index is 834. The highest BCUT2D eigenvalue weighted by Crippen LogP contribution is 2.30. The molecule has 6 heteroatoms. The third-order valence-corrected chi connectivity index (χ3v) is 4.68. The van der Waals surface area contributed by atoms with Gasteiger partial charge in [-0.05, 0) is 23.8 Å². The van der Waals surface area contributed by atoms with Gasteiger partial charge in [0.15, 0.2) is 5.78 Å². The zero-order valence-electron chi connectivity index (χ0n) is 13.6. The molecule has 2 aromatic rings. The van der Waals surface area contributed by atoms with E-state index in [2.05, 4.69) is 10.3 Å². The van der Waals surface area contributed by atoms with Crippen LogP contribution in [0.1, 0.15) is 22.0 Å². The van der Waals surface area contributed by atoms with E-state index in [0.717, 1.165) is 5.56 Å². The molecule has 0 fully saturated rings. The van der Waals surface area contributed by atoms with Crippen molar-refractivity contribution in [3.05, 3.63) is 81.6 Å². The second-order valence-corrected chi connectivity index (χ2v) is 6.54. The third kappa shape index (κ3) is 4.21. The topological polar surface area (TPSA) is 44.7 Å². The summed E-state index contributed by atoms with van der Waals surface area (Å²) < 4.78 is 0. The van der Waals surface area contributed by atoms with Crippen LogP contribution < -0.4 is 5.32 Å². The SMILES string of the molecule is CN1C=NC(NCC(=O)c2ccccc2)=CC1c1ccc(Cl)c(Cl)c1. The Balaban J connectivity index is 1.72. The predicted octanol–water partition coefficient (Wildman–Crippen LogP) is 4.32. The molecule has 0 aliphatic carbocycles. The van der Waals surface area contributed by atoms with Gasteiger partial charge in [-0.3, -0.25) is 4.79 Å². The molecule has 0 bridgehead atoms. The van der Waals surface area contributed by atoms with Crippen LogP contribution in [-0.4, -0.2) is 30.6 Å². The molecule has 0 radical (unpaired) electrons. The van der Waals surface area contributed by atoms with Crippen LogP contribution in [0.4, 0.5) is 0 Å². The Morgan fingerprint density at radius 1 is 1.16 bits per heavy atom. The number of nitrogens with zero attached hydrogens (tertiary/aromatic N) is 2. The van der Waals surface area contributed by atoms with Crippen molar-refractivity contribution in [2.24, 2.45) is 4.99 Å². The molecule has 0 saturated carbocycles. The number of hydrogen-bond donors (Lipinski definition) is 1. The van der Waals surface area contributed by atoms with E-state index in [1.54, 1.807) is 24.5 Å². The van der Waals surface area contributed by atoms with Crippen molar-refractivity contribution in [1.29, 1.82) is 0 Å². The number of carbonyl (C=O) groups excluding carboxylic acids is 1. The minimum atomic E-state index is -0.0402. The van der Waals surface area contributed by atoms with Crippen molar-refractivity contribution in [3.8, 4) is 0 Å². The fourth-order valence-corrected chi connectivity index (χ4v) is 2.87. The molecule has 1 aliphatic heterocycles. The van der Waals surface area contributed by atoms with Crippen molar-refractivity contribution >= 4 is 35.3 Å². The quantitative estimate of drug-likeness (QED) is 0.793. The number of halogens is 2. The first-order valence-corrected chi connectivity index (χ1v) is 8.55. The molecule has 1 unspecified atom stereocenters. The van der Waals surface area contributed by atoms with Gasteiger partial charge in [0.25, 0.3) is 0 Å². The van der Waals surface area contributed by atoms with Crippen molar-refractivity contribution < 1.29 is 4.79 Å². The van der Waals surface area contributed by atoms with Crippen LogP contribution in [0.3, 0.4) is 0 Å². The summed E-state index contributed by atoms with van der Waals surface area (Å²) in [5, 5.41) is 4.13. The van der Waals surface area contributed by atoms with Gasteiger partial charge < -0.3 is 10.2 Å². The summed E-state index contributed by atoms with van der Waals surface area (Å²) in [5.74, 6) is 0.667. The maximum Gasteiger partial charge on any atom is 0.181 e. The molecule has 1 atom stereocenters. The Morgan fingerprint density at radius 3 is 2.64 bits per heavy atom. The normalized spacial score (nSPS) is 16.5. The van der Waals surface area contributed by atoms with Crippen molar-refractivity contribution in [1.82, 2.24) is 10.2 Å². The third-order valence-electron chi connectivity index (χ3n) is 3.94. The zero-order chi connectivity index (χ0) is 17.8. The summed E-state index contributed by atoms with van der Waals surface area (Å²) in [6.07, 6.45) is 3.68. The van der Waals surface area contributed by atoms with Crippen LogP contribution in [0.5, 0.6) is 0 Å². The van der Waals surface area contributed by atoms with E-state index >= 15 is 0 Å². The average Bonchev–Trinajstić information content (AvgIpc) is 2.64. The lowest BCUT2D eigenvalue weighted by Gasteiger charge is -2.28. The standard InChI is InChI=1S/C19H17Cl2N3O/c1-24-12-23-19(22-11-18(25)13-5-3-2-4-6-13)10-17(24)14-7-8-15(20)16(21)9-14/h2-10,12,17,22H,11H2,1H3. The maximum atomic E-state index is 12.2. The lowest BCUT2D eigenvalue weighted by Crippen LogP contribution is -2.29. The van der Waals surface area contributed by atoms with Gasteiger partial charge in [0.2, 0.25) is 0 Å². The van der Waals surface area contributed by atoms with Crippen LogP contribution in [0.2, 0.25) is 10.0 Å². The number of Topliss-reactive ketones (excluding diaryl/α,β-unsaturated/α-hetero) is 1. The van der Waals surface area contributed by atoms with Crippen LogP contribution in [0.25, 0.3) is 0 Å². The van der Waals surface area contributed by atoms with Gasteiger partial charge in [0.05, 0.1) is 29.0 Å². The lowest BCUT2D eigenvalue weighted by molar-refractivity contribution is 0.0993. The lowest BCUT2D eigenvalue weighted by atomic mass is 10.0. The molecule has 0 spiro atoms. The van der Waals surface area contributed by atoms with E-state index in [9.17, 15) is 4.79 Å². The van der Waals surface area contributed by atoms with Gasteiger partial charge in [-0.1, -0.05) is 59.6 Å². The average molecular weight is 374 g/mol. The monoisotopic (exact) mass is 373 g/mol. The molecule has 2 aromatic carbocycles. The molecule has 1 N–H and O–H groups in total. The Hall–Kier alpha value is -2.30. The van der Waals surface area contributed by atoms with Crippen molar-refractivity contribution in [2.75, 3.05) is 13.6 Å². The minimum Gasteiger partial charge on any atom is -0.363 e. The van der Waals surface area contributed by atoms with Crippen LogP contribution in [0.15, 0.2) is 65.4 Å². The predicted molar refractivity (Wildman–Crippen MR) is 102 cm³/mol. The molecular formula is C19H17Cl2N3O. The zero-order valence-corrected chi connectivity index (χ0v) is 15.1. The van der Waals surface area contributed by atoms with Gasteiger partial charge in [-0.2, -0.15) is 0 Å². The highest BCUT2D eigenvalue weighted by molar-refractivity contribution is 6.42. The van der Waals surface area contributed by atoms with E-state index in [-0.39, 0.29) is 18.4 Å². The first-order valence-electron chi connectivity index (χ1n) is 7.79. The highest BCUT2D eigenvalue weighted by Gasteiger charge is 2.18. The molecular weight excluding hydrogens is 357 g/mol. The van der Waals surface area contributed by atoms with Crippen LogP contribution in [-0.2, 0) is 0 Å². The number of carbonyl (C=O) groups is 1. The maximum absolute atomic E-state index is 12.2. The number of likely N-dealkylation sites (N-methyl/N-ethyl adjacent to an activating group) is 1. The number of rotatable bonds is 5. The molecule has 0 saturated heterocycles. The molecule has 1 heterocycles. The fraction of sp³-hybridized carbons (Fsp3) is 0.158. The first kappa shape index (κ1) is 17.5. The largest absolute Gasteiger partial charge is 0.363 e. The van der Waals surface area contributed by atoms with Gasteiger partial charge >= 0.3 is 0 Å². The first-order chi connectivity index (χ1) is 12.0. The van der Waals surface area contributed by atoms with E-state index in [0.29, 0.717) is 21.4 Å². The van der Waals surface area contributed by atoms with Gasteiger partial charge in [-0.15, -0.1) is 0 Å². The summed E-state index contributed by atoms with van der Waals surface area (Å²) in [5.41, 5.74) is 1.67. The van der Waals surface area contributed by atoms with Crippen molar-refractivity contribution in [2.45, 2.75) is 6.04 Å². The minimum absolute atomic E-state index is 0.0155. The molecule has 3 rings (SSSR count). The summed E-state index contributed by atoms with van der Waals surface area (Å²) in [6.45, 7) is 0.186. The van der Waals surface area contributed by atoms with E-state index in [4.69, 9.17) is 23.2 Å². The molecule has 0 aromatic heterocycles. The Morgan fingerprint density at radius 2 is 1.92 bits per heavy atom. The van der Waals surface area contributed by atoms with Crippen LogP contribution in [0, 0.1) is 0 Å². The van der Waals surface area contributed by atoms with Crippen molar-refractivity contribution in [3.63, 3.8) is 0 Å². The highest BCUT2D eigenvalue weighted by atomic mass is 35.5. The fourth-order valence-electron chi connectivity index (χ4n) is 2.56. The number of nitrogens with one attached hydrogen (secondary N) is 1. The smallest absolute Gasteiger partial charge is 0.181 e. The number of aliphatic imine (C=N–C) groups is 1. The molecule has 4 nitrogen and oxygen atoms in total. The Kier molecular flexibility index (Phi) is 5.41. The summed E-state index contributed by atoms with van der Waals surface area (Å²) in [6, 6.07) is 14.7. The van der Waals surface area contributed by atoms with Gasteiger partial charge in [0.1, 0.15) is 5.82 Å². The molecule has 1 aliphatic rings. The number of benzene rings is 2. The molecule has 0 amide bonds. The van der Waals surface area contributed by atoms with E-state index < -0.39 is 0 Å².